The Morgan fingerprint density at radius 2 is 0.710 bits per heavy atom. The Balaban J connectivity index is 0.000000254. The Morgan fingerprint density at radius 1 is 0.420 bits per heavy atom. The van der Waals surface area contributed by atoms with Crippen molar-refractivity contribution in [3.05, 3.63) is 194 Å². The number of para-hydroxylation sites is 3. The number of likely N-dealkylation sites (tertiary alicyclic amines) is 3. The van der Waals surface area contributed by atoms with Crippen molar-refractivity contribution in [1.82, 2.24) is 40.0 Å². The Kier molecular flexibility index (Phi) is 41.7. The molecule has 0 saturated carbocycles. The van der Waals surface area contributed by atoms with Gasteiger partial charge in [-0.1, -0.05) is 89.4 Å². The van der Waals surface area contributed by atoms with E-state index in [4.69, 9.17) is 60.5 Å². The van der Waals surface area contributed by atoms with E-state index in [2.05, 4.69) is 66.0 Å². The maximum atomic E-state index is 12.7. The molecule has 36 nitrogen and oxygen atoms in total. The third-order valence-electron chi connectivity index (χ3n) is 19.3. The summed E-state index contributed by atoms with van der Waals surface area (Å²) in [4.78, 5) is 98.2. The van der Waals surface area contributed by atoms with Crippen LogP contribution in [0.3, 0.4) is 0 Å². The van der Waals surface area contributed by atoms with Crippen LogP contribution in [-0.4, -0.2) is 187 Å². The second kappa shape index (κ2) is 50.6. The van der Waals surface area contributed by atoms with Crippen molar-refractivity contribution in [2.45, 2.75) is 169 Å². The van der Waals surface area contributed by atoms with Gasteiger partial charge in [-0.2, -0.15) is 0 Å². The summed E-state index contributed by atoms with van der Waals surface area (Å²) in [5.74, 6) is 1.11. The summed E-state index contributed by atoms with van der Waals surface area (Å²) in [6.45, 7) is 24.6. The molecule has 720 valence electrons. The van der Waals surface area contributed by atoms with Gasteiger partial charge in [-0.25, -0.2) is 34.3 Å². The predicted molar refractivity (Wildman–Crippen MR) is 472 cm³/mol. The van der Waals surface area contributed by atoms with Gasteiger partial charge in [-0.3, -0.25) is 40.5 Å². The zero-order valence-corrected chi connectivity index (χ0v) is 75.4. The molecule has 4 saturated heterocycles. The molecule has 4 aliphatic rings. The monoisotopic (exact) mass is 1920 g/mol. The van der Waals surface area contributed by atoms with E-state index in [0.717, 1.165) is 96.0 Å². The summed E-state index contributed by atoms with van der Waals surface area (Å²) in [6.07, 6.45) is -3.79. The third-order valence-corrected chi connectivity index (χ3v) is 20.0. The maximum absolute atomic E-state index is 12.7. The molecule has 0 spiro atoms. The standard InChI is InChI=1S/C24H30F3N5O5.C19H22F3N5O3.C16H23ClN4O4.C11H22N2O2.C8H8F3NO.C5H2Cl2N2O2/c1-23(2,3)37-22(33)31-10-8-16(9-11-31)13-28-18-12-21(30-15-19(18)32(34)35)29-14-17-6-4-5-7-20(17)36-24(25,26)27;20-19(21,22)30-17-4-2-1-3-14(17)11-25-18-9-15(16(12-26-18)27(28)29)24-10-13-5-7-23-8-6-13;1-16(2,3)25-15(22)20-6-4-11(5-7-20)9-18-12-8-14(17)19-10-13(12)21(23)24;1-11(2,3)15-10(14)13-6-4-9(8-12)5-7-13;9-8(10,11)13-7-4-2-1-3-6(7)5-12;6-3-1-5(7)8-2-4(3)9(10)11/h4-7,12,15-16H,8-11,13-14H2,1-3H3,(H2,28,29,30);1-4,9,12-13,23H,5-8,10-11H2,(H2,24,25,26);8,10-11H,4-7,9H2,1-3H3,(H,18,19);9H,4-8,12H2,1-3H3;1-4H,5,12H2;1-2H. The molecule has 4 fully saturated rings. The highest BCUT2D eigenvalue weighted by atomic mass is 35.5. The van der Waals surface area contributed by atoms with Gasteiger partial charge in [0.1, 0.15) is 103 Å². The number of nitrogens with one attached hydrogen (secondary N) is 6. The van der Waals surface area contributed by atoms with Gasteiger partial charge in [0.05, 0.1) is 19.7 Å². The van der Waals surface area contributed by atoms with Crippen molar-refractivity contribution in [3.63, 3.8) is 0 Å². The lowest BCUT2D eigenvalue weighted by atomic mass is 9.97. The van der Waals surface area contributed by atoms with Gasteiger partial charge >= 0.3 is 60.1 Å². The molecule has 0 unspecified atom stereocenters. The molecular weight excluding hydrogens is 1810 g/mol. The minimum Gasteiger partial charge on any atom is -0.444 e. The van der Waals surface area contributed by atoms with E-state index in [1.165, 1.54) is 78.9 Å². The number of ether oxygens (including phenoxy) is 6. The van der Waals surface area contributed by atoms with Crippen LogP contribution in [0.25, 0.3) is 0 Å². The first-order valence-corrected chi connectivity index (χ1v) is 42.3. The van der Waals surface area contributed by atoms with Crippen LogP contribution >= 0.6 is 34.8 Å². The minimum absolute atomic E-state index is 0.00463. The fourth-order valence-corrected chi connectivity index (χ4v) is 13.3. The minimum atomic E-state index is -4.83. The van der Waals surface area contributed by atoms with Crippen LogP contribution in [0.1, 0.15) is 130 Å². The number of hydrogen-bond acceptors (Lipinski definition) is 29. The molecule has 131 heavy (non-hydrogen) atoms. The number of nitrogens with zero attached hydrogens (tertiary/aromatic N) is 11. The topological polar surface area (TPSA) is 465 Å². The van der Waals surface area contributed by atoms with Gasteiger partial charge in [0.25, 0.3) is 0 Å². The summed E-state index contributed by atoms with van der Waals surface area (Å²) in [5.41, 5.74) is 10.4. The van der Waals surface area contributed by atoms with Crippen LogP contribution in [0.5, 0.6) is 17.2 Å². The van der Waals surface area contributed by atoms with Gasteiger partial charge in [-0.05, 0) is 175 Å². The summed E-state index contributed by atoms with van der Waals surface area (Å²) in [7, 11) is 0. The summed E-state index contributed by atoms with van der Waals surface area (Å²) in [5, 5.41) is 62.7. The molecule has 8 heterocycles. The van der Waals surface area contributed by atoms with Crippen LogP contribution < -0.4 is 57.6 Å². The highest BCUT2D eigenvalue weighted by Crippen LogP contribution is 2.36. The number of alkyl halides is 9. The van der Waals surface area contributed by atoms with Gasteiger partial charge < -0.3 is 86.5 Å². The molecule has 48 heteroatoms. The molecule has 0 atom stereocenters. The zero-order valence-electron chi connectivity index (χ0n) is 73.2. The van der Waals surface area contributed by atoms with Gasteiger partial charge in [-0.15, -0.1) is 39.5 Å². The Bertz CT molecular complexity index is 4880. The lowest BCUT2D eigenvalue weighted by Crippen LogP contribution is -2.42. The lowest BCUT2D eigenvalue weighted by molar-refractivity contribution is -0.385. The Morgan fingerprint density at radius 3 is 1.02 bits per heavy atom. The molecule has 0 aliphatic carbocycles. The number of aromatic nitrogens is 4. The largest absolute Gasteiger partial charge is 0.573 e. The molecule has 4 aliphatic heterocycles. The van der Waals surface area contributed by atoms with Crippen LogP contribution in [0.4, 0.5) is 105 Å². The predicted octanol–water partition coefficient (Wildman–Crippen LogP) is 19.1. The molecule has 0 radical (unpaired) electrons. The first kappa shape index (κ1) is 108. The third kappa shape index (κ3) is 40.6. The second-order valence-electron chi connectivity index (χ2n) is 32.9. The number of rotatable bonds is 24. The van der Waals surface area contributed by atoms with E-state index in [-0.39, 0.29) is 122 Å². The second-order valence-corrected chi connectivity index (χ2v) is 34.0. The molecule has 10 N–H and O–H groups in total. The number of nitro groups is 4. The highest BCUT2D eigenvalue weighted by Gasteiger charge is 2.36. The maximum Gasteiger partial charge on any atom is 0.573 e. The quantitative estimate of drug-likeness (QED) is 0.00915. The molecular formula is C83H107Cl3F9N19O17. The van der Waals surface area contributed by atoms with E-state index in [1.807, 2.05) is 41.5 Å². The first-order chi connectivity index (χ1) is 61.3. The Hall–Kier alpha value is -11.8. The van der Waals surface area contributed by atoms with Gasteiger partial charge in [0.2, 0.25) is 0 Å². The van der Waals surface area contributed by atoms with E-state index >= 15 is 0 Å². The number of carbonyl (C=O) groups is 3. The molecule has 3 aromatic carbocycles. The molecule has 4 aromatic heterocycles. The number of pyridine rings is 4. The molecule has 11 rings (SSSR count). The van der Waals surface area contributed by atoms with Crippen LogP contribution in [0, 0.1) is 64.1 Å². The van der Waals surface area contributed by atoms with Crippen LogP contribution in [0.2, 0.25) is 15.3 Å². The average molecular weight is 1920 g/mol. The van der Waals surface area contributed by atoms with Crippen molar-refractivity contribution in [3.8, 4) is 17.2 Å². The first-order valence-electron chi connectivity index (χ1n) is 41.1. The van der Waals surface area contributed by atoms with E-state index in [0.29, 0.717) is 99.2 Å². The molecule has 0 bridgehead atoms. The fourth-order valence-electron chi connectivity index (χ4n) is 12.7. The summed E-state index contributed by atoms with van der Waals surface area (Å²) < 4.78 is 139. The number of hydrogen-bond donors (Lipinski definition) is 8. The van der Waals surface area contributed by atoms with Crippen molar-refractivity contribution in [2.75, 3.05) is 105 Å². The number of benzene rings is 3. The summed E-state index contributed by atoms with van der Waals surface area (Å²) in [6, 6.07) is 22.8. The fraction of sp³-hybridized carbons (Fsp3) is 0.506. The summed E-state index contributed by atoms with van der Waals surface area (Å²) >= 11 is 16.7. The van der Waals surface area contributed by atoms with E-state index in [1.54, 1.807) is 53.7 Å². The number of anilines is 5. The van der Waals surface area contributed by atoms with Crippen LogP contribution in [-0.2, 0) is 33.8 Å². The lowest BCUT2D eigenvalue weighted by Gasteiger charge is -2.33. The van der Waals surface area contributed by atoms with Crippen molar-refractivity contribution in [2.24, 2.45) is 35.1 Å². The normalized spacial score (nSPS) is 14.7. The highest BCUT2D eigenvalue weighted by molar-refractivity contribution is 6.35. The number of piperidine rings is 4. The zero-order chi connectivity index (χ0) is 97.2. The van der Waals surface area contributed by atoms with Crippen molar-refractivity contribution < 1.29 is 102 Å². The van der Waals surface area contributed by atoms with Crippen LogP contribution in [0.15, 0.2) is 122 Å². The molecule has 7 aromatic rings. The Labute approximate surface area is 764 Å². The van der Waals surface area contributed by atoms with Crippen molar-refractivity contribution >= 4 is 105 Å². The smallest absolute Gasteiger partial charge is 0.444 e. The molecule has 3 amide bonds. The SMILES string of the molecule is CC(C)(C)OC(=O)N1CCC(CN)CC1.CC(C)(C)OC(=O)N1CCC(CNc2cc(Cl)ncc2[N+](=O)[O-])CC1.CC(C)(C)OC(=O)N1CCC(CNc2cc(NCc3ccccc3OC(F)(F)F)ncc2[N+](=O)[O-])CC1.NCc1ccccc1OC(F)(F)F.O=[N+]([O-])c1cnc(Cl)cc1Cl.O=[N+]([O-])c1cnc(NCc2ccccc2OC(F)(F)F)cc1NCC1CCNCC1. The van der Waals surface area contributed by atoms with E-state index in [9.17, 15) is 94.4 Å². The number of nitrogens with two attached hydrogens (primary N) is 2. The van der Waals surface area contributed by atoms with Gasteiger partial charge in [0.15, 0.2) is 0 Å². The van der Waals surface area contributed by atoms with Gasteiger partial charge in [0, 0.05) is 119 Å². The van der Waals surface area contributed by atoms with E-state index < -0.39 is 55.6 Å². The van der Waals surface area contributed by atoms with Crippen molar-refractivity contribution in [1.29, 1.82) is 0 Å². The average Bonchev–Trinajstić information content (AvgIpc) is 0.840. The number of amides is 3. The number of carbonyl (C=O) groups excluding carboxylic acids is 3. The number of halogens is 12.